The van der Waals surface area contributed by atoms with Crippen molar-refractivity contribution in [3.05, 3.63) is 131 Å². The maximum absolute atomic E-state index is 11.6. The predicted octanol–water partition coefficient (Wildman–Crippen LogP) is 7.45. The van der Waals surface area contributed by atoms with E-state index in [1.165, 1.54) is 45.5 Å². The summed E-state index contributed by atoms with van der Waals surface area (Å²) >= 11 is 0. The average molecular weight is 471 g/mol. The Kier molecular flexibility index (Phi) is 5.15. The van der Waals surface area contributed by atoms with E-state index in [1.54, 1.807) is 7.11 Å². The van der Waals surface area contributed by atoms with Gasteiger partial charge in [0.1, 0.15) is 11.5 Å². The lowest BCUT2D eigenvalue weighted by Gasteiger charge is -2.34. The largest absolute Gasteiger partial charge is 0.497 e. The molecule has 0 aliphatic heterocycles. The molecule has 5 aromatic carbocycles. The Bertz CT molecular complexity index is 1610. The molecule has 5 aromatic rings. The fourth-order valence-corrected chi connectivity index (χ4v) is 5.77. The van der Waals surface area contributed by atoms with Crippen molar-refractivity contribution in [1.29, 1.82) is 0 Å². The molecule has 0 radical (unpaired) electrons. The summed E-state index contributed by atoms with van der Waals surface area (Å²) in [4.78, 5) is 11.6. The van der Waals surface area contributed by atoms with Gasteiger partial charge in [0, 0.05) is 6.92 Å². The van der Waals surface area contributed by atoms with Gasteiger partial charge < -0.3 is 9.47 Å². The van der Waals surface area contributed by atoms with Gasteiger partial charge in [-0.15, -0.1) is 0 Å². The van der Waals surface area contributed by atoms with Crippen molar-refractivity contribution >= 4 is 16.7 Å². The SMILES string of the molecule is COc1ccc(C2(c3ccc(OC(C)=O)cc3)c3cc(C)ccc3-c3c2ccc2ccccc32)cc1. The summed E-state index contributed by atoms with van der Waals surface area (Å²) in [6.45, 7) is 3.56. The van der Waals surface area contributed by atoms with Crippen LogP contribution >= 0.6 is 0 Å². The van der Waals surface area contributed by atoms with Gasteiger partial charge in [0.15, 0.2) is 0 Å². The Hall–Kier alpha value is -4.37. The molecule has 6 rings (SSSR count). The van der Waals surface area contributed by atoms with Gasteiger partial charge in [0.2, 0.25) is 0 Å². The maximum Gasteiger partial charge on any atom is 0.308 e. The second kappa shape index (κ2) is 8.39. The number of fused-ring (bicyclic) bond motifs is 5. The number of ether oxygens (including phenoxy) is 2. The third kappa shape index (κ3) is 3.24. The van der Waals surface area contributed by atoms with Gasteiger partial charge in [-0.25, -0.2) is 0 Å². The van der Waals surface area contributed by atoms with E-state index in [9.17, 15) is 4.79 Å². The molecule has 0 amide bonds. The Morgan fingerprint density at radius 2 is 1.39 bits per heavy atom. The molecule has 0 fully saturated rings. The number of hydrogen-bond acceptors (Lipinski definition) is 3. The third-order valence-electron chi connectivity index (χ3n) is 7.25. The maximum atomic E-state index is 11.6. The molecule has 0 saturated heterocycles. The molecule has 1 unspecified atom stereocenters. The number of benzene rings is 5. The molecule has 0 saturated carbocycles. The first-order chi connectivity index (χ1) is 17.5. The number of aryl methyl sites for hydroxylation is 1. The van der Waals surface area contributed by atoms with Crippen LogP contribution in [0.2, 0.25) is 0 Å². The lowest BCUT2D eigenvalue weighted by molar-refractivity contribution is -0.131. The molecule has 1 aliphatic rings. The van der Waals surface area contributed by atoms with E-state index in [1.807, 2.05) is 24.3 Å². The van der Waals surface area contributed by atoms with E-state index >= 15 is 0 Å². The van der Waals surface area contributed by atoms with Crippen LogP contribution in [0.3, 0.4) is 0 Å². The highest BCUT2D eigenvalue weighted by Crippen LogP contribution is 2.58. The van der Waals surface area contributed by atoms with Gasteiger partial charge in [-0.1, -0.05) is 84.4 Å². The van der Waals surface area contributed by atoms with Crippen molar-refractivity contribution in [2.24, 2.45) is 0 Å². The Labute approximate surface area is 210 Å². The van der Waals surface area contributed by atoms with Crippen LogP contribution in [0.1, 0.15) is 34.7 Å². The highest BCUT2D eigenvalue weighted by atomic mass is 16.5. The van der Waals surface area contributed by atoms with Crippen molar-refractivity contribution in [3.8, 4) is 22.6 Å². The summed E-state index contributed by atoms with van der Waals surface area (Å²) in [6.07, 6.45) is 0. The molecular formula is C33H26O3. The number of rotatable bonds is 4. The highest BCUT2D eigenvalue weighted by Gasteiger charge is 2.46. The number of hydrogen-bond donors (Lipinski definition) is 0. The standard InChI is InChI=1S/C33H26O3/c1-21-8-18-29-31(20-21)33(24-10-14-26(35-3)15-11-24,25-12-16-27(17-13-25)36-22(2)34)30-19-9-23-6-4-5-7-28(23)32(29)30/h4-20H,1-3H3. The molecule has 1 atom stereocenters. The van der Waals surface area contributed by atoms with Crippen molar-refractivity contribution in [1.82, 2.24) is 0 Å². The lowest BCUT2D eigenvalue weighted by Crippen LogP contribution is -2.28. The average Bonchev–Trinajstić information content (AvgIpc) is 3.19. The quantitative estimate of drug-likeness (QED) is 0.198. The van der Waals surface area contributed by atoms with E-state index in [-0.39, 0.29) is 5.97 Å². The number of carbonyl (C=O) groups excluding carboxylic acids is 1. The van der Waals surface area contributed by atoms with Gasteiger partial charge >= 0.3 is 5.97 Å². The molecule has 3 nitrogen and oxygen atoms in total. The Morgan fingerprint density at radius 3 is 2.06 bits per heavy atom. The molecule has 0 N–H and O–H groups in total. The van der Waals surface area contributed by atoms with Crippen LogP contribution in [-0.2, 0) is 10.2 Å². The molecule has 176 valence electrons. The summed E-state index contributed by atoms with van der Waals surface area (Å²) in [7, 11) is 1.69. The van der Waals surface area contributed by atoms with Crippen LogP contribution in [0.4, 0.5) is 0 Å². The lowest BCUT2D eigenvalue weighted by atomic mass is 9.67. The first kappa shape index (κ1) is 22.1. The Morgan fingerprint density at radius 1 is 0.722 bits per heavy atom. The van der Waals surface area contributed by atoms with Crippen LogP contribution in [-0.4, -0.2) is 13.1 Å². The van der Waals surface area contributed by atoms with Gasteiger partial charge in [-0.3, -0.25) is 4.79 Å². The fraction of sp³-hybridized carbons (Fsp3) is 0.121. The van der Waals surface area contributed by atoms with Crippen LogP contribution in [0.5, 0.6) is 11.5 Å². The summed E-state index contributed by atoms with van der Waals surface area (Å²) < 4.78 is 10.9. The summed E-state index contributed by atoms with van der Waals surface area (Å²) in [6, 6.07) is 36.2. The van der Waals surface area contributed by atoms with Crippen molar-refractivity contribution in [2.45, 2.75) is 19.3 Å². The smallest absolute Gasteiger partial charge is 0.308 e. The highest BCUT2D eigenvalue weighted by molar-refractivity contribution is 6.04. The summed E-state index contributed by atoms with van der Waals surface area (Å²) in [5, 5.41) is 2.46. The molecule has 1 aliphatic carbocycles. The second-order valence-corrected chi connectivity index (χ2v) is 9.35. The third-order valence-corrected chi connectivity index (χ3v) is 7.25. The van der Waals surface area contributed by atoms with Gasteiger partial charge in [0.05, 0.1) is 12.5 Å². The molecule has 0 bridgehead atoms. The number of methoxy groups -OCH3 is 1. The molecule has 0 aromatic heterocycles. The van der Waals surface area contributed by atoms with E-state index < -0.39 is 5.41 Å². The van der Waals surface area contributed by atoms with Crippen molar-refractivity contribution in [2.75, 3.05) is 7.11 Å². The zero-order chi connectivity index (χ0) is 24.9. The second-order valence-electron chi connectivity index (χ2n) is 9.35. The van der Waals surface area contributed by atoms with Crippen LogP contribution < -0.4 is 9.47 Å². The van der Waals surface area contributed by atoms with Gasteiger partial charge in [-0.05, 0) is 75.3 Å². The number of carbonyl (C=O) groups is 1. The summed E-state index contributed by atoms with van der Waals surface area (Å²) in [5.41, 5.74) is 7.94. The first-order valence-electron chi connectivity index (χ1n) is 12.1. The summed E-state index contributed by atoms with van der Waals surface area (Å²) in [5.74, 6) is 1.03. The monoisotopic (exact) mass is 470 g/mol. The zero-order valence-corrected chi connectivity index (χ0v) is 20.5. The molecular weight excluding hydrogens is 444 g/mol. The minimum Gasteiger partial charge on any atom is -0.497 e. The van der Waals surface area contributed by atoms with E-state index in [0.717, 1.165) is 16.9 Å². The fourth-order valence-electron chi connectivity index (χ4n) is 5.77. The van der Waals surface area contributed by atoms with E-state index in [0.29, 0.717) is 5.75 Å². The first-order valence-corrected chi connectivity index (χ1v) is 12.1. The van der Waals surface area contributed by atoms with Crippen LogP contribution in [0, 0.1) is 6.92 Å². The number of esters is 1. The topological polar surface area (TPSA) is 35.5 Å². The van der Waals surface area contributed by atoms with Gasteiger partial charge in [-0.2, -0.15) is 0 Å². The predicted molar refractivity (Wildman–Crippen MR) is 144 cm³/mol. The molecule has 36 heavy (non-hydrogen) atoms. The Balaban J connectivity index is 1.73. The zero-order valence-electron chi connectivity index (χ0n) is 20.5. The molecule has 0 spiro atoms. The van der Waals surface area contributed by atoms with Crippen LogP contribution in [0.15, 0.2) is 103 Å². The van der Waals surface area contributed by atoms with Crippen molar-refractivity contribution in [3.63, 3.8) is 0 Å². The van der Waals surface area contributed by atoms with Crippen molar-refractivity contribution < 1.29 is 14.3 Å². The minimum absolute atomic E-state index is 0.328. The minimum atomic E-state index is -0.540. The van der Waals surface area contributed by atoms with E-state index in [4.69, 9.17) is 9.47 Å². The van der Waals surface area contributed by atoms with E-state index in [2.05, 4.69) is 85.8 Å². The molecule has 0 heterocycles. The van der Waals surface area contributed by atoms with Gasteiger partial charge in [0.25, 0.3) is 0 Å². The molecule has 3 heteroatoms. The van der Waals surface area contributed by atoms with Crippen LogP contribution in [0.25, 0.3) is 21.9 Å². The normalized spacial score (nSPS) is 15.9.